The minimum Gasteiger partial charge on any atom is -0.319 e. The van der Waals surface area contributed by atoms with Gasteiger partial charge in [-0.1, -0.05) is 0 Å². The largest absolute Gasteiger partial charge is 0.391 e. The van der Waals surface area contributed by atoms with Crippen LogP contribution in [0.4, 0.5) is 17.6 Å². The number of aliphatic imine (C=N–C) groups is 1. The SMILES string of the molecule is FCN1[C]=NC(CC(F)(F)F)[CH]1. The average Bonchev–Trinajstić information content (AvgIpc) is 2.32. The predicted molar refractivity (Wildman–Crippen MR) is 34.0 cm³/mol. The fourth-order valence-corrected chi connectivity index (χ4v) is 0.825. The molecule has 0 aromatic rings. The Morgan fingerprint density at radius 1 is 1.50 bits per heavy atom. The van der Waals surface area contributed by atoms with Gasteiger partial charge in [0.15, 0.2) is 13.1 Å². The highest BCUT2D eigenvalue weighted by Crippen LogP contribution is 2.26. The Balaban J connectivity index is 2.34. The summed E-state index contributed by atoms with van der Waals surface area (Å²) in [5, 5.41) is 0. The molecular formula is C6H6F4N2. The lowest BCUT2D eigenvalue weighted by Gasteiger charge is -2.11. The van der Waals surface area contributed by atoms with E-state index in [2.05, 4.69) is 11.3 Å². The molecule has 0 aromatic carbocycles. The van der Waals surface area contributed by atoms with Gasteiger partial charge in [-0.25, -0.2) is 4.39 Å². The maximum Gasteiger partial charge on any atom is 0.391 e. The molecule has 0 aromatic heterocycles. The third kappa shape index (κ3) is 2.67. The summed E-state index contributed by atoms with van der Waals surface area (Å²) >= 11 is 0. The Morgan fingerprint density at radius 2 is 2.17 bits per heavy atom. The van der Waals surface area contributed by atoms with Crippen molar-refractivity contribution in [1.29, 1.82) is 0 Å². The third-order valence-electron chi connectivity index (χ3n) is 1.27. The van der Waals surface area contributed by atoms with Gasteiger partial charge in [0, 0.05) is 0 Å². The van der Waals surface area contributed by atoms with Crippen molar-refractivity contribution in [1.82, 2.24) is 4.90 Å². The van der Waals surface area contributed by atoms with Crippen molar-refractivity contribution < 1.29 is 17.6 Å². The first-order chi connectivity index (χ1) is 5.51. The van der Waals surface area contributed by atoms with Crippen LogP contribution in [0.25, 0.3) is 0 Å². The summed E-state index contributed by atoms with van der Waals surface area (Å²) in [6.07, 6.45) is -3.22. The molecule has 68 valence electrons. The summed E-state index contributed by atoms with van der Waals surface area (Å²) in [5.74, 6) is 0. The molecule has 0 bridgehead atoms. The fraction of sp³-hybridized carbons (Fsp3) is 0.667. The number of rotatable bonds is 2. The average molecular weight is 182 g/mol. The Labute approximate surface area is 66.9 Å². The quantitative estimate of drug-likeness (QED) is 0.468. The van der Waals surface area contributed by atoms with E-state index in [-0.39, 0.29) is 0 Å². The molecule has 6 heteroatoms. The van der Waals surface area contributed by atoms with Crippen LogP contribution in [0.15, 0.2) is 4.99 Å². The van der Waals surface area contributed by atoms with Gasteiger partial charge in [-0.15, -0.1) is 0 Å². The van der Waals surface area contributed by atoms with Crippen molar-refractivity contribution in [2.45, 2.75) is 18.6 Å². The van der Waals surface area contributed by atoms with Gasteiger partial charge in [0.1, 0.15) is 0 Å². The van der Waals surface area contributed by atoms with Crippen molar-refractivity contribution in [2.75, 3.05) is 6.80 Å². The van der Waals surface area contributed by atoms with Gasteiger partial charge in [-0.3, -0.25) is 4.99 Å². The van der Waals surface area contributed by atoms with Crippen molar-refractivity contribution in [3.63, 3.8) is 0 Å². The van der Waals surface area contributed by atoms with E-state index in [4.69, 9.17) is 0 Å². The Bertz CT molecular complexity index is 177. The van der Waals surface area contributed by atoms with Crippen LogP contribution in [-0.4, -0.2) is 30.3 Å². The van der Waals surface area contributed by atoms with Gasteiger partial charge in [0.2, 0.25) is 0 Å². The standard InChI is InChI=1S/C6H6F4N2/c7-3-12-2-5(11-4-12)1-6(8,9)10/h2,5H,1,3H2. The zero-order chi connectivity index (χ0) is 9.19. The smallest absolute Gasteiger partial charge is 0.319 e. The van der Waals surface area contributed by atoms with Crippen LogP contribution in [0, 0.1) is 6.54 Å². The van der Waals surface area contributed by atoms with Crippen molar-refractivity contribution in [3.8, 4) is 0 Å². The van der Waals surface area contributed by atoms with E-state index in [0.29, 0.717) is 0 Å². The van der Waals surface area contributed by atoms with E-state index in [1.54, 1.807) is 0 Å². The highest BCUT2D eigenvalue weighted by Gasteiger charge is 2.34. The minimum atomic E-state index is -4.27. The highest BCUT2D eigenvalue weighted by atomic mass is 19.4. The van der Waals surface area contributed by atoms with Crippen LogP contribution in [0.3, 0.4) is 0 Å². The normalized spacial score (nSPS) is 23.7. The minimum absolute atomic E-state index is 0.858. The second-order valence-electron chi connectivity index (χ2n) is 2.35. The van der Waals surface area contributed by atoms with Crippen molar-refractivity contribution in [2.24, 2.45) is 4.99 Å². The van der Waals surface area contributed by atoms with Gasteiger partial charge < -0.3 is 4.90 Å². The molecule has 1 rings (SSSR count). The van der Waals surface area contributed by atoms with Gasteiger partial charge in [0.05, 0.1) is 19.0 Å². The van der Waals surface area contributed by atoms with Gasteiger partial charge >= 0.3 is 6.18 Å². The summed E-state index contributed by atoms with van der Waals surface area (Å²) in [4.78, 5) is 4.19. The lowest BCUT2D eigenvalue weighted by atomic mass is 10.2. The van der Waals surface area contributed by atoms with Gasteiger partial charge in [-0.2, -0.15) is 13.2 Å². The molecule has 0 N–H and O–H groups in total. The number of nitrogens with zero attached hydrogens (tertiary/aromatic N) is 2. The molecular weight excluding hydrogens is 176 g/mol. The molecule has 0 amide bonds. The van der Waals surface area contributed by atoms with E-state index in [0.717, 1.165) is 11.4 Å². The molecule has 1 aliphatic heterocycles. The molecule has 0 spiro atoms. The Morgan fingerprint density at radius 3 is 2.58 bits per heavy atom. The fourth-order valence-electron chi connectivity index (χ4n) is 0.825. The van der Waals surface area contributed by atoms with Crippen LogP contribution in [0.5, 0.6) is 0 Å². The number of alkyl halides is 4. The van der Waals surface area contributed by atoms with E-state index in [1.807, 2.05) is 0 Å². The van der Waals surface area contributed by atoms with Gasteiger partial charge in [0.25, 0.3) is 0 Å². The molecule has 2 nitrogen and oxygen atoms in total. The number of hydrogen-bond donors (Lipinski definition) is 0. The monoisotopic (exact) mass is 182 g/mol. The second kappa shape index (κ2) is 3.28. The lowest BCUT2D eigenvalue weighted by Crippen LogP contribution is -2.21. The van der Waals surface area contributed by atoms with Crippen LogP contribution in [0.2, 0.25) is 0 Å². The molecule has 1 unspecified atom stereocenters. The maximum atomic E-state index is 11.8. The van der Waals surface area contributed by atoms with E-state index in [1.165, 1.54) is 0 Å². The predicted octanol–water partition coefficient (Wildman–Crippen LogP) is 1.62. The van der Waals surface area contributed by atoms with Crippen LogP contribution in [0.1, 0.15) is 6.42 Å². The molecule has 0 fully saturated rings. The van der Waals surface area contributed by atoms with Gasteiger partial charge in [-0.05, 0) is 0 Å². The molecule has 1 heterocycles. The van der Waals surface area contributed by atoms with E-state index >= 15 is 0 Å². The first-order valence-corrected chi connectivity index (χ1v) is 3.21. The second-order valence-corrected chi connectivity index (χ2v) is 2.35. The summed E-state index contributed by atoms with van der Waals surface area (Å²) in [7, 11) is 0. The Kier molecular flexibility index (Phi) is 2.54. The summed E-state index contributed by atoms with van der Waals surface area (Å²) in [6, 6.07) is -1.01. The molecule has 0 aliphatic carbocycles. The first-order valence-electron chi connectivity index (χ1n) is 3.21. The maximum absolute atomic E-state index is 11.8. The van der Waals surface area contributed by atoms with Crippen LogP contribution >= 0.6 is 0 Å². The summed E-state index contributed by atoms with van der Waals surface area (Å²) in [6.45, 7) is 0.172. The third-order valence-corrected chi connectivity index (χ3v) is 1.27. The molecule has 12 heavy (non-hydrogen) atoms. The van der Waals surface area contributed by atoms with E-state index < -0.39 is 25.4 Å². The van der Waals surface area contributed by atoms with Crippen LogP contribution < -0.4 is 0 Å². The van der Waals surface area contributed by atoms with Crippen LogP contribution in [-0.2, 0) is 0 Å². The van der Waals surface area contributed by atoms with Crippen molar-refractivity contribution in [3.05, 3.63) is 6.54 Å². The molecule has 0 saturated carbocycles. The van der Waals surface area contributed by atoms with Crippen molar-refractivity contribution >= 4 is 6.34 Å². The summed E-state index contributed by atoms with van der Waals surface area (Å²) < 4.78 is 47.0. The number of halogens is 4. The molecule has 2 radical (unpaired) electrons. The first kappa shape index (κ1) is 9.28. The highest BCUT2D eigenvalue weighted by molar-refractivity contribution is 5.59. The zero-order valence-corrected chi connectivity index (χ0v) is 5.98. The summed E-state index contributed by atoms with van der Waals surface area (Å²) in [5.41, 5.74) is 0. The van der Waals surface area contributed by atoms with E-state index in [9.17, 15) is 17.6 Å². The number of hydrogen-bond acceptors (Lipinski definition) is 2. The molecule has 0 saturated heterocycles. The lowest BCUT2D eigenvalue weighted by molar-refractivity contribution is -0.136. The Hall–Kier alpha value is -0.810. The molecule has 1 atom stereocenters. The zero-order valence-electron chi connectivity index (χ0n) is 5.98. The molecule has 1 aliphatic rings. The topological polar surface area (TPSA) is 15.6 Å².